The second-order valence-electron chi connectivity index (χ2n) is 5.47. The molecule has 0 radical (unpaired) electrons. The molecular formula is C13H22N4O3. The van der Waals surface area contributed by atoms with Crippen LogP contribution in [0.15, 0.2) is 0 Å². The highest BCUT2D eigenvalue weighted by Crippen LogP contribution is 2.10. The van der Waals surface area contributed by atoms with Crippen LogP contribution in [0.25, 0.3) is 0 Å². The number of hydrogen-bond donors (Lipinski definition) is 0. The Morgan fingerprint density at radius 2 is 1.75 bits per heavy atom. The summed E-state index contributed by atoms with van der Waals surface area (Å²) in [6.07, 6.45) is 0.932. The van der Waals surface area contributed by atoms with E-state index >= 15 is 0 Å². The molecular weight excluding hydrogens is 260 g/mol. The van der Waals surface area contributed by atoms with Crippen LogP contribution in [-0.2, 0) is 9.59 Å². The zero-order valence-corrected chi connectivity index (χ0v) is 12.2. The Labute approximate surface area is 119 Å². The summed E-state index contributed by atoms with van der Waals surface area (Å²) in [7, 11) is 3.65. The molecule has 2 saturated heterocycles. The van der Waals surface area contributed by atoms with Crippen molar-refractivity contribution in [3.8, 4) is 0 Å². The first-order valence-corrected chi connectivity index (χ1v) is 7.01. The minimum Gasteiger partial charge on any atom is -0.340 e. The summed E-state index contributed by atoms with van der Waals surface area (Å²) in [6, 6.07) is -0.262. The van der Waals surface area contributed by atoms with Gasteiger partial charge < -0.3 is 14.7 Å². The summed E-state index contributed by atoms with van der Waals surface area (Å²) in [5.41, 5.74) is 0. The minimum absolute atomic E-state index is 0.116. The molecule has 20 heavy (non-hydrogen) atoms. The second-order valence-corrected chi connectivity index (χ2v) is 5.47. The lowest BCUT2D eigenvalue weighted by Crippen LogP contribution is -2.47. The molecule has 0 atom stereocenters. The molecule has 0 aromatic heterocycles. The third-order valence-corrected chi connectivity index (χ3v) is 3.86. The van der Waals surface area contributed by atoms with Gasteiger partial charge in [0, 0.05) is 46.2 Å². The quantitative estimate of drug-likeness (QED) is 0.648. The van der Waals surface area contributed by atoms with Gasteiger partial charge in [-0.1, -0.05) is 0 Å². The zero-order valence-electron chi connectivity index (χ0n) is 12.2. The molecule has 0 aromatic rings. The summed E-state index contributed by atoms with van der Waals surface area (Å²) < 4.78 is 0. The van der Waals surface area contributed by atoms with Gasteiger partial charge >= 0.3 is 6.03 Å². The Morgan fingerprint density at radius 3 is 2.30 bits per heavy atom. The number of imide groups is 1. The van der Waals surface area contributed by atoms with E-state index in [1.165, 1.54) is 9.80 Å². The van der Waals surface area contributed by atoms with Gasteiger partial charge in [-0.2, -0.15) is 0 Å². The van der Waals surface area contributed by atoms with Crippen molar-refractivity contribution in [1.29, 1.82) is 0 Å². The number of carbonyl (C=O) groups is 3. The fourth-order valence-electron chi connectivity index (χ4n) is 2.49. The Bertz CT molecular complexity index is 404. The van der Waals surface area contributed by atoms with Crippen LogP contribution in [0.4, 0.5) is 4.79 Å². The predicted octanol–water partition coefficient (Wildman–Crippen LogP) is -0.565. The van der Waals surface area contributed by atoms with Gasteiger partial charge in [-0.3, -0.25) is 14.5 Å². The smallest absolute Gasteiger partial charge is 0.326 e. The van der Waals surface area contributed by atoms with Gasteiger partial charge in [-0.05, 0) is 13.5 Å². The molecule has 2 heterocycles. The molecule has 2 aliphatic rings. The molecule has 2 fully saturated rings. The molecule has 0 unspecified atom stereocenters. The van der Waals surface area contributed by atoms with E-state index in [2.05, 4.69) is 4.90 Å². The molecule has 0 aliphatic carbocycles. The van der Waals surface area contributed by atoms with Gasteiger partial charge in [0.05, 0.1) is 0 Å². The topological polar surface area (TPSA) is 64.2 Å². The van der Waals surface area contributed by atoms with Crippen molar-refractivity contribution in [2.75, 3.05) is 53.4 Å². The molecule has 2 aliphatic heterocycles. The number of nitrogens with zero attached hydrogens (tertiary/aromatic N) is 4. The number of likely N-dealkylation sites (N-methyl/N-ethyl adjacent to an activating group) is 2. The number of carbonyl (C=O) groups excluding carboxylic acids is 3. The molecule has 0 saturated carbocycles. The number of amides is 4. The average molecular weight is 282 g/mol. The first-order chi connectivity index (χ1) is 9.49. The van der Waals surface area contributed by atoms with Gasteiger partial charge in [0.25, 0.3) is 0 Å². The molecule has 7 heteroatoms. The van der Waals surface area contributed by atoms with E-state index in [0.717, 1.165) is 26.2 Å². The van der Waals surface area contributed by atoms with Crippen LogP contribution in [-0.4, -0.2) is 90.8 Å². The number of piperazine rings is 1. The first-order valence-electron chi connectivity index (χ1n) is 7.01. The molecule has 0 aromatic carbocycles. The van der Waals surface area contributed by atoms with Crippen LogP contribution < -0.4 is 0 Å². The Morgan fingerprint density at radius 1 is 1.10 bits per heavy atom. The van der Waals surface area contributed by atoms with Gasteiger partial charge in [-0.25, -0.2) is 4.79 Å². The van der Waals surface area contributed by atoms with Crippen molar-refractivity contribution in [3.63, 3.8) is 0 Å². The summed E-state index contributed by atoms with van der Waals surface area (Å²) in [5.74, 6) is -0.0601. The number of hydrogen-bond acceptors (Lipinski definition) is 4. The van der Waals surface area contributed by atoms with E-state index in [-0.39, 0.29) is 24.4 Å². The van der Waals surface area contributed by atoms with Crippen molar-refractivity contribution < 1.29 is 14.4 Å². The lowest BCUT2D eigenvalue weighted by Gasteiger charge is -2.32. The van der Waals surface area contributed by atoms with Gasteiger partial charge in [0.2, 0.25) is 11.8 Å². The van der Waals surface area contributed by atoms with Crippen molar-refractivity contribution in [1.82, 2.24) is 19.6 Å². The van der Waals surface area contributed by atoms with Crippen molar-refractivity contribution in [2.45, 2.75) is 12.8 Å². The maximum Gasteiger partial charge on any atom is 0.326 e. The molecule has 2 rings (SSSR count). The average Bonchev–Trinajstić information content (AvgIpc) is 2.65. The second kappa shape index (κ2) is 6.21. The maximum atomic E-state index is 12.0. The highest BCUT2D eigenvalue weighted by atomic mass is 16.2. The molecule has 0 spiro atoms. The summed E-state index contributed by atoms with van der Waals surface area (Å²) in [5, 5.41) is 0. The van der Waals surface area contributed by atoms with Crippen LogP contribution in [0.2, 0.25) is 0 Å². The van der Waals surface area contributed by atoms with E-state index < -0.39 is 0 Å². The summed E-state index contributed by atoms with van der Waals surface area (Å²) in [6.45, 7) is 3.81. The Balaban J connectivity index is 1.72. The Kier molecular flexibility index (Phi) is 4.59. The monoisotopic (exact) mass is 282 g/mol. The number of rotatable bonds is 4. The summed E-state index contributed by atoms with van der Waals surface area (Å²) >= 11 is 0. The van der Waals surface area contributed by atoms with E-state index in [1.54, 1.807) is 7.05 Å². The fraction of sp³-hybridized carbons (Fsp3) is 0.769. The van der Waals surface area contributed by atoms with E-state index in [1.807, 2.05) is 11.9 Å². The minimum atomic E-state index is -0.262. The lowest BCUT2D eigenvalue weighted by atomic mass is 10.2. The predicted molar refractivity (Wildman–Crippen MR) is 73.1 cm³/mol. The summed E-state index contributed by atoms with van der Waals surface area (Å²) in [4.78, 5) is 41.9. The van der Waals surface area contributed by atoms with Gasteiger partial charge in [0.1, 0.15) is 6.54 Å². The maximum absolute atomic E-state index is 12.0. The van der Waals surface area contributed by atoms with Crippen LogP contribution in [0.3, 0.4) is 0 Å². The van der Waals surface area contributed by atoms with Crippen molar-refractivity contribution in [3.05, 3.63) is 0 Å². The van der Waals surface area contributed by atoms with E-state index in [0.29, 0.717) is 19.4 Å². The van der Waals surface area contributed by atoms with Gasteiger partial charge in [0.15, 0.2) is 0 Å². The lowest BCUT2D eigenvalue weighted by molar-refractivity contribution is -0.133. The fourth-order valence-corrected chi connectivity index (χ4v) is 2.49. The molecule has 0 bridgehead atoms. The van der Waals surface area contributed by atoms with Crippen LogP contribution >= 0.6 is 0 Å². The van der Waals surface area contributed by atoms with E-state index in [9.17, 15) is 14.4 Å². The molecule has 7 nitrogen and oxygen atoms in total. The molecule has 112 valence electrons. The highest BCUT2D eigenvalue weighted by molar-refractivity contribution is 6.01. The van der Waals surface area contributed by atoms with Gasteiger partial charge in [-0.15, -0.1) is 0 Å². The van der Waals surface area contributed by atoms with Crippen molar-refractivity contribution in [2.24, 2.45) is 0 Å². The number of urea groups is 1. The molecule has 4 amide bonds. The van der Waals surface area contributed by atoms with E-state index in [4.69, 9.17) is 0 Å². The molecule has 0 N–H and O–H groups in total. The Hall–Kier alpha value is -1.63. The van der Waals surface area contributed by atoms with Crippen LogP contribution in [0, 0.1) is 0 Å². The SMILES string of the molecule is CN1CCN(C(=O)CCCN2C(=O)CN(C)C2=O)CC1. The highest BCUT2D eigenvalue weighted by Gasteiger charge is 2.33. The van der Waals surface area contributed by atoms with Crippen molar-refractivity contribution >= 4 is 17.8 Å². The zero-order chi connectivity index (χ0) is 14.7. The third kappa shape index (κ3) is 3.27. The standard InChI is InChI=1S/C13H22N4O3/c1-14-6-8-16(9-7-14)11(18)4-3-5-17-12(19)10-15(2)13(17)20/h3-10H2,1-2H3. The normalized spacial score (nSPS) is 21.0. The largest absolute Gasteiger partial charge is 0.340 e. The van der Waals surface area contributed by atoms with Crippen LogP contribution in [0.5, 0.6) is 0 Å². The first kappa shape index (κ1) is 14.8. The van der Waals surface area contributed by atoms with Crippen LogP contribution in [0.1, 0.15) is 12.8 Å². The third-order valence-electron chi connectivity index (χ3n) is 3.86.